The molecule has 0 bridgehead atoms. The summed E-state index contributed by atoms with van der Waals surface area (Å²) in [5.41, 5.74) is 0.976. The highest BCUT2D eigenvalue weighted by Crippen LogP contribution is 2.21. The number of quaternary nitrogens is 1. The van der Waals surface area contributed by atoms with Crippen molar-refractivity contribution in [2.45, 2.75) is 44.6 Å². The van der Waals surface area contributed by atoms with Gasteiger partial charge in [0.05, 0.1) is 39.3 Å². The van der Waals surface area contributed by atoms with Gasteiger partial charge < -0.3 is 14.4 Å². The topological polar surface area (TPSA) is 40.0 Å². The van der Waals surface area contributed by atoms with Crippen LogP contribution >= 0.6 is 0 Å². The standard InChI is InChI=1S/C19H27NO3/c1-22-17-9-7-15(8-10-17)13-19(21)23-14-16-5-4-12-20-11-3-2-6-18(16)20/h7-10,16,18H,2-6,11-14H2,1H3/p+1/t16-,18-/m1/s1. The number of fused-ring (bicyclic) bond motifs is 1. The van der Waals surface area contributed by atoms with Crippen LogP contribution in [0.1, 0.15) is 37.7 Å². The molecule has 4 heteroatoms. The molecule has 0 aliphatic carbocycles. The minimum atomic E-state index is -0.113. The minimum absolute atomic E-state index is 0.113. The smallest absolute Gasteiger partial charge is 0.310 e. The highest BCUT2D eigenvalue weighted by Gasteiger charge is 2.37. The predicted octanol–water partition coefficient (Wildman–Crippen LogP) is 1.63. The van der Waals surface area contributed by atoms with Crippen LogP contribution in [0.15, 0.2) is 24.3 Å². The third-order valence-corrected chi connectivity index (χ3v) is 5.40. The molecule has 0 saturated carbocycles. The Morgan fingerprint density at radius 3 is 2.70 bits per heavy atom. The van der Waals surface area contributed by atoms with E-state index in [1.165, 1.54) is 45.2 Å². The largest absolute Gasteiger partial charge is 0.497 e. The van der Waals surface area contributed by atoms with E-state index in [-0.39, 0.29) is 5.97 Å². The van der Waals surface area contributed by atoms with Gasteiger partial charge in [-0.2, -0.15) is 0 Å². The minimum Gasteiger partial charge on any atom is -0.497 e. The molecule has 2 heterocycles. The van der Waals surface area contributed by atoms with Crippen LogP contribution in [0.5, 0.6) is 5.75 Å². The van der Waals surface area contributed by atoms with Gasteiger partial charge in [-0.3, -0.25) is 4.79 Å². The summed E-state index contributed by atoms with van der Waals surface area (Å²) in [4.78, 5) is 13.9. The molecule has 3 atom stereocenters. The summed E-state index contributed by atoms with van der Waals surface area (Å²) in [7, 11) is 1.64. The molecule has 2 saturated heterocycles. The van der Waals surface area contributed by atoms with Crippen molar-refractivity contribution in [1.29, 1.82) is 0 Å². The fourth-order valence-electron chi connectivity index (χ4n) is 4.14. The van der Waals surface area contributed by atoms with Crippen LogP contribution in [0.4, 0.5) is 0 Å². The first-order chi connectivity index (χ1) is 11.3. The molecule has 0 radical (unpaired) electrons. The molecule has 126 valence electrons. The molecular formula is C19H28NO3+. The van der Waals surface area contributed by atoms with Gasteiger partial charge in [0, 0.05) is 5.92 Å². The van der Waals surface area contributed by atoms with Gasteiger partial charge >= 0.3 is 5.97 Å². The van der Waals surface area contributed by atoms with Crippen LogP contribution in [-0.2, 0) is 16.0 Å². The van der Waals surface area contributed by atoms with Crippen molar-refractivity contribution >= 4 is 5.97 Å². The zero-order chi connectivity index (χ0) is 16.1. The van der Waals surface area contributed by atoms with Gasteiger partial charge in [0.15, 0.2) is 0 Å². The summed E-state index contributed by atoms with van der Waals surface area (Å²) < 4.78 is 10.7. The molecule has 1 aromatic rings. The summed E-state index contributed by atoms with van der Waals surface area (Å²) in [6.45, 7) is 3.21. The van der Waals surface area contributed by atoms with Crippen molar-refractivity contribution in [3.05, 3.63) is 29.8 Å². The second-order valence-electron chi connectivity index (χ2n) is 6.87. The van der Waals surface area contributed by atoms with Gasteiger partial charge in [-0.05, 0) is 49.8 Å². The second kappa shape index (κ2) is 7.82. The molecule has 3 rings (SSSR count). The number of rotatable bonds is 5. The Morgan fingerprint density at radius 2 is 1.91 bits per heavy atom. The molecule has 2 aliphatic rings. The maximum absolute atomic E-state index is 12.1. The lowest BCUT2D eigenvalue weighted by Crippen LogP contribution is -3.18. The van der Waals surface area contributed by atoms with Crippen LogP contribution in [-0.4, -0.2) is 38.8 Å². The second-order valence-corrected chi connectivity index (χ2v) is 6.87. The fraction of sp³-hybridized carbons (Fsp3) is 0.632. The SMILES string of the molecule is COc1ccc(CC(=O)OC[C@H]2CCC[NH+]3CCCC[C@H]23)cc1. The molecular weight excluding hydrogens is 290 g/mol. The Balaban J connectivity index is 1.47. The average Bonchev–Trinajstić information content (AvgIpc) is 2.60. The van der Waals surface area contributed by atoms with E-state index in [2.05, 4.69) is 0 Å². The fourth-order valence-corrected chi connectivity index (χ4v) is 4.14. The van der Waals surface area contributed by atoms with Gasteiger partial charge in [-0.1, -0.05) is 12.1 Å². The highest BCUT2D eigenvalue weighted by atomic mass is 16.5. The number of hydrogen-bond acceptors (Lipinski definition) is 3. The van der Waals surface area contributed by atoms with Crippen molar-refractivity contribution in [2.24, 2.45) is 5.92 Å². The van der Waals surface area contributed by atoms with Crippen LogP contribution in [0, 0.1) is 5.92 Å². The van der Waals surface area contributed by atoms with Crippen LogP contribution in [0.2, 0.25) is 0 Å². The van der Waals surface area contributed by atoms with Crippen molar-refractivity contribution in [2.75, 3.05) is 26.8 Å². The lowest BCUT2D eigenvalue weighted by molar-refractivity contribution is -0.940. The first-order valence-corrected chi connectivity index (χ1v) is 8.89. The number of esters is 1. The third kappa shape index (κ3) is 4.25. The van der Waals surface area contributed by atoms with Crippen LogP contribution in [0.3, 0.4) is 0 Å². The summed E-state index contributed by atoms with van der Waals surface area (Å²) in [6.07, 6.45) is 6.82. The quantitative estimate of drug-likeness (QED) is 0.839. The number of piperidine rings is 2. The van der Waals surface area contributed by atoms with Gasteiger partial charge in [-0.25, -0.2) is 0 Å². The Morgan fingerprint density at radius 1 is 1.13 bits per heavy atom. The van der Waals surface area contributed by atoms with Gasteiger partial charge in [-0.15, -0.1) is 0 Å². The number of methoxy groups -OCH3 is 1. The predicted molar refractivity (Wildman–Crippen MR) is 88.7 cm³/mol. The van der Waals surface area contributed by atoms with E-state index in [1.54, 1.807) is 12.0 Å². The number of nitrogens with one attached hydrogen (secondary N) is 1. The van der Waals surface area contributed by atoms with Gasteiger partial charge in [0.25, 0.3) is 0 Å². The Labute approximate surface area is 138 Å². The number of hydrogen-bond donors (Lipinski definition) is 1. The van der Waals surface area contributed by atoms with Gasteiger partial charge in [0.1, 0.15) is 5.75 Å². The first kappa shape index (κ1) is 16.3. The number of ether oxygens (including phenoxy) is 2. The molecule has 4 nitrogen and oxygen atoms in total. The lowest BCUT2D eigenvalue weighted by atomic mass is 9.84. The highest BCUT2D eigenvalue weighted by molar-refractivity contribution is 5.72. The summed E-state index contributed by atoms with van der Waals surface area (Å²) in [5, 5.41) is 0. The molecule has 1 unspecified atom stereocenters. The van der Waals surface area contributed by atoms with E-state index in [0.29, 0.717) is 25.0 Å². The van der Waals surface area contributed by atoms with Crippen molar-refractivity contribution in [3.8, 4) is 5.75 Å². The summed E-state index contributed by atoms with van der Waals surface area (Å²) >= 11 is 0. The monoisotopic (exact) mass is 318 g/mol. The van der Waals surface area contributed by atoms with E-state index in [4.69, 9.17) is 9.47 Å². The van der Waals surface area contributed by atoms with E-state index < -0.39 is 0 Å². The molecule has 2 fully saturated rings. The molecule has 0 aromatic heterocycles. The Hall–Kier alpha value is -1.55. The van der Waals surface area contributed by atoms with E-state index in [0.717, 1.165) is 11.3 Å². The maximum Gasteiger partial charge on any atom is 0.310 e. The van der Waals surface area contributed by atoms with Crippen molar-refractivity contribution in [1.82, 2.24) is 0 Å². The number of benzene rings is 1. The summed E-state index contributed by atoms with van der Waals surface area (Å²) in [5.74, 6) is 1.25. The average molecular weight is 318 g/mol. The number of carbonyl (C=O) groups is 1. The molecule has 2 aliphatic heterocycles. The van der Waals surface area contributed by atoms with Crippen LogP contribution in [0.25, 0.3) is 0 Å². The molecule has 1 N–H and O–H groups in total. The van der Waals surface area contributed by atoms with Gasteiger partial charge in [0.2, 0.25) is 0 Å². The maximum atomic E-state index is 12.1. The van der Waals surface area contributed by atoms with Crippen molar-refractivity contribution in [3.63, 3.8) is 0 Å². The summed E-state index contributed by atoms with van der Waals surface area (Å²) in [6, 6.07) is 8.33. The zero-order valence-corrected chi connectivity index (χ0v) is 14.1. The van der Waals surface area contributed by atoms with E-state index in [1.807, 2.05) is 24.3 Å². The molecule has 0 spiro atoms. The number of carbonyl (C=O) groups excluding carboxylic acids is 1. The Bertz CT molecular complexity index is 512. The zero-order valence-electron chi connectivity index (χ0n) is 14.1. The van der Waals surface area contributed by atoms with Crippen molar-refractivity contribution < 1.29 is 19.2 Å². The van der Waals surface area contributed by atoms with E-state index >= 15 is 0 Å². The molecule has 1 aromatic carbocycles. The van der Waals surface area contributed by atoms with Crippen LogP contribution < -0.4 is 9.64 Å². The Kier molecular flexibility index (Phi) is 5.55. The molecule has 23 heavy (non-hydrogen) atoms. The molecule has 0 amide bonds. The normalized spacial score (nSPS) is 27.1. The first-order valence-electron chi connectivity index (χ1n) is 8.89. The third-order valence-electron chi connectivity index (χ3n) is 5.40. The van der Waals surface area contributed by atoms with E-state index in [9.17, 15) is 4.79 Å². The lowest BCUT2D eigenvalue weighted by Gasteiger charge is -2.41.